The van der Waals surface area contributed by atoms with E-state index >= 15 is 0 Å². The monoisotopic (exact) mass is 383 g/mol. The minimum atomic E-state index is 0.104. The molecule has 2 aliphatic heterocycles. The number of hydrogen-bond acceptors (Lipinski definition) is 5. The molecule has 0 N–H and O–H groups in total. The highest BCUT2D eigenvalue weighted by Crippen LogP contribution is 2.33. The molecule has 26 heavy (non-hydrogen) atoms. The van der Waals surface area contributed by atoms with Crippen molar-refractivity contribution >= 4 is 44.5 Å². The molecule has 3 aromatic rings. The minimum absolute atomic E-state index is 0.104. The van der Waals surface area contributed by atoms with Crippen LogP contribution in [-0.4, -0.2) is 35.4 Å². The molecule has 5 rings (SSSR count). The standard InChI is InChI=1S/C20H21N3OS2/c24-20(23-9-4-18-14(12-23)5-10-25-18)15-2-1-8-22(13-15)17-3-7-21-16-6-11-26-19(16)17/h3,5-7,10-11,15H,1-2,4,8-9,12-13H2. The number of carbonyl (C=O) groups is 1. The van der Waals surface area contributed by atoms with Crippen molar-refractivity contribution in [3.63, 3.8) is 0 Å². The predicted octanol–water partition coefficient (Wildman–Crippen LogP) is 4.16. The Morgan fingerprint density at radius 2 is 2.08 bits per heavy atom. The summed E-state index contributed by atoms with van der Waals surface area (Å²) >= 11 is 3.56. The Morgan fingerprint density at radius 3 is 3.04 bits per heavy atom. The highest BCUT2D eigenvalue weighted by atomic mass is 32.1. The molecule has 0 bridgehead atoms. The van der Waals surface area contributed by atoms with E-state index in [-0.39, 0.29) is 5.92 Å². The zero-order chi connectivity index (χ0) is 17.5. The first-order valence-electron chi connectivity index (χ1n) is 9.21. The minimum Gasteiger partial charge on any atom is -0.369 e. The lowest BCUT2D eigenvalue weighted by Gasteiger charge is -2.37. The molecular formula is C20H21N3OS2. The van der Waals surface area contributed by atoms with E-state index in [4.69, 9.17) is 0 Å². The highest BCUT2D eigenvalue weighted by Gasteiger charge is 2.31. The fourth-order valence-electron chi connectivity index (χ4n) is 4.20. The van der Waals surface area contributed by atoms with Gasteiger partial charge < -0.3 is 9.80 Å². The van der Waals surface area contributed by atoms with E-state index in [0.717, 1.165) is 51.0 Å². The molecule has 0 aliphatic carbocycles. The molecule has 1 unspecified atom stereocenters. The first kappa shape index (κ1) is 16.3. The van der Waals surface area contributed by atoms with Gasteiger partial charge in [0.05, 0.1) is 21.8 Å². The van der Waals surface area contributed by atoms with Gasteiger partial charge in [-0.15, -0.1) is 22.7 Å². The van der Waals surface area contributed by atoms with Gasteiger partial charge in [-0.25, -0.2) is 0 Å². The molecule has 5 heterocycles. The fraction of sp³-hybridized carbons (Fsp3) is 0.400. The Kier molecular flexibility index (Phi) is 4.17. The van der Waals surface area contributed by atoms with Gasteiger partial charge in [0, 0.05) is 37.3 Å². The normalized spacial score (nSPS) is 20.4. The molecule has 0 spiro atoms. The fourth-order valence-corrected chi connectivity index (χ4v) is 5.98. The predicted molar refractivity (Wildman–Crippen MR) is 108 cm³/mol. The summed E-state index contributed by atoms with van der Waals surface area (Å²) in [6.07, 6.45) is 4.97. The number of piperidine rings is 1. The molecule has 0 radical (unpaired) electrons. The quantitative estimate of drug-likeness (QED) is 0.667. The maximum absolute atomic E-state index is 13.2. The highest BCUT2D eigenvalue weighted by molar-refractivity contribution is 7.17. The second-order valence-corrected chi connectivity index (χ2v) is 9.05. The average molecular weight is 384 g/mol. The van der Waals surface area contributed by atoms with E-state index < -0.39 is 0 Å². The Bertz CT molecular complexity index is 947. The van der Waals surface area contributed by atoms with Crippen LogP contribution >= 0.6 is 22.7 Å². The Hall–Kier alpha value is -1.92. The van der Waals surface area contributed by atoms with Crippen LogP contribution in [0, 0.1) is 5.92 Å². The zero-order valence-electron chi connectivity index (χ0n) is 14.6. The lowest BCUT2D eigenvalue weighted by Crippen LogP contribution is -2.46. The van der Waals surface area contributed by atoms with Gasteiger partial charge in [0.25, 0.3) is 0 Å². The zero-order valence-corrected chi connectivity index (χ0v) is 16.2. The van der Waals surface area contributed by atoms with Crippen molar-refractivity contribution in [2.75, 3.05) is 24.5 Å². The number of aromatic nitrogens is 1. The maximum Gasteiger partial charge on any atom is 0.227 e. The lowest BCUT2D eigenvalue weighted by molar-refractivity contribution is -0.136. The van der Waals surface area contributed by atoms with Crippen LogP contribution < -0.4 is 4.90 Å². The number of pyridine rings is 1. The van der Waals surface area contributed by atoms with Gasteiger partial charge >= 0.3 is 0 Å². The Balaban J connectivity index is 1.34. The van der Waals surface area contributed by atoms with Crippen LogP contribution in [0.5, 0.6) is 0 Å². The molecule has 1 atom stereocenters. The summed E-state index contributed by atoms with van der Waals surface area (Å²) in [4.78, 5) is 23.5. The second-order valence-electron chi connectivity index (χ2n) is 7.13. The van der Waals surface area contributed by atoms with Gasteiger partial charge in [-0.05, 0) is 53.8 Å². The van der Waals surface area contributed by atoms with Crippen molar-refractivity contribution in [2.45, 2.75) is 25.8 Å². The van der Waals surface area contributed by atoms with Crippen molar-refractivity contribution in [2.24, 2.45) is 5.92 Å². The van der Waals surface area contributed by atoms with Crippen molar-refractivity contribution in [3.8, 4) is 0 Å². The summed E-state index contributed by atoms with van der Waals surface area (Å²) in [5, 5.41) is 4.25. The van der Waals surface area contributed by atoms with Crippen molar-refractivity contribution < 1.29 is 4.79 Å². The van der Waals surface area contributed by atoms with Crippen LogP contribution in [0.3, 0.4) is 0 Å². The Labute approximate surface area is 161 Å². The average Bonchev–Trinajstić information content (AvgIpc) is 3.35. The van der Waals surface area contributed by atoms with Crippen molar-refractivity contribution in [3.05, 3.63) is 45.6 Å². The van der Waals surface area contributed by atoms with E-state index in [1.54, 1.807) is 11.3 Å². The molecule has 0 saturated carbocycles. The van der Waals surface area contributed by atoms with Crippen LogP contribution in [-0.2, 0) is 17.8 Å². The van der Waals surface area contributed by atoms with Crippen LogP contribution in [0.1, 0.15) is 23.3 Å². The molecule has 2 aliphatic rings. The SMILES string of the molecule is O=C(C1CCCN(c2ccnc3ccsc23)C1)N1CCc2sccc2C1. The van der Waals surface area contributed by atoms with Crippen molar-refractivity contribution in [1.82, 2.24) is 9.88 Å². The van der Waals surface area contributed by atoms with Gasteiger partial charge in [-0.3, -0.25) is 9.78 Å². The van der Waals surface area contributed by atoms with Gasteiger partial charge in [0.2, 0.25) is 5.91 Å². The van der Waals surface area contributed by atoms with Gasteiger partial charge in [0.1, 0.15) is 0 Å². The smallest absolute Gasteiger partial charge is 0.227 e. The summed E-state index contributed by atoms with van der Waals surface area (Å²) in [6, 6.07) is 6.35. The maximum atomic E-state index is 13.2. The summed E-state index contributed by atoms with van der Waals surface area (Å²) < 4.78 is 1.24. The van der Waals surface area contributed by atoms with E-state index in [0.29, 0.717) is 5.91 Å². The van der Waals surface area contributed by atoms with E-state index in [2.05, 4.69) is 43.7 Å². The summed E-state index contributed by atoms with van der Waals surface area (Å²) in [5.74, 6) is 0.440. The van der Waals surface area contributed by atoms with Crippen LogP contribution in [0.25, 0.3) is 10.2 Å². The molecule has 3 aromatic heterocycles. The van der Waals surface area contributed by atoms with Crippen LogP contribution in [0.15, 0.2) is 35.2 Å². The van der Waals surface area contributed by atoms with Crippen LogP contribution in [0.4, 0.5) is 5.69 Å². The van der Waals surface area contributed by atoms with E-state index in [1.165, 1.54) is 20.8 Å². The third-order valence-electron chi connectivity index (χ3n) is 5.55. The topological polar surface area (TPSA) is 36.4 Å². The van der Waals surface area contributed by atoms with E-state index in [9.17, 15) is 4.79 Å². The lowest BCUT2D eigenvalue weighted by atomic mass is 9.95. The number of fused-ring (bicyclic) bond motifs is 2. The van der Waals surface area contributed by atoms with Gasteiger partial charge in [0.15, 0.2) is 0 Å². The van der Waals surface area contributed by atoms with Gasteiger partial charge in [-0.1, -0.05) is 0 Å². The third kappa shape index (κ3) is 2.81. The summed E-state index contributed by atoms with van der Waals surface area (Å²) in [7, 11) is 0. The third-order valence-corrected chi connectivity index (χ3v) is 7.50. The molecule has 1 saturated heterocycles. The first-order chi connectivity index (χ1) is 12.8. The molecule has 6 heteroatoms. The largest absolute Gasteiger partial charge is 0.369 e. The number of hydrogen-bond donors (Lipinski definition) is 0. The number of nitrogens with zero attached hydrogens (tertiary/aromatic N) is 3. The number of thiophene rings is 2. The molecule has 1 fully saturated rings. The number of carbonyl (C=O) groups excluding carboxylic acids is 1. The molecule has 4 nitrogen and oxygen atoms in total. The van der Waals surface area contributed by atoms with Crippen LogP contribution in [0.2, 0.25) is 0 Å². The number of amides is 1. The number of anilines is 1. The number of rotatable bonds is 2. The van der Waals surface area contributed by atoms with Crippen molar-refractivity contribution in [1.29, 1.82) is 0 Å². The Morgan fingerprint density at radius 1 is 1.15 bits per heavy atom. The first-order valence-corrected chi connectivity index (χ1v) is 11.0. The summed E-state index contributed by atoms with van der Waals surface area (Å²) in [5.41, 5.74) is 3.64. The molecule has 0 aromatic carbocycles. The van der Waals surface area contributed by atoms with Gasteiger partial charge in [-0.2, -0.15) is 0 Å². The molecule has 1 amide bonds. The second kappa shape index (κ2) is 6.67. The molecular weight excluding hydrogens is 362 g/mol. The van der Waals surface area contributed by atoms with E-state index in [1.807, 2.05) is 17.5 Å². The summed E-state index contributed by atoms with van der Waals surface area (Å²) in [6.45, 7) is 3.50. The molecule has 134 valence electrons.